The Bertz CT molecular complexity index is 673. The van der Waals surface area contributed by atoms with Crippen molar-refractivity contribution in [3.8, 4) is 0 Å². The first-order valence-electron chi connectivity index (χ1n) is 8.23. The number of aromatic nitrogens is 2. The van der Waals surface area contributed by atoms with Gasteiger partial charge in [0, 0.05) is 32.3 Å². The van der Waals surface area contributed by atoms with Crippen molar-refractivity contribution in [2.75, 3.05) is 6.54 Å². The summed E-state index contributed by atoms with van der Waals surface area (Å²) in [6.45, 7) is 4.32. The van der Waals surface area contributed by atoms with Crippen LogP contribution in [0.2, 0.25) is 0 Å². The van der Waals surface area contributed by atoms with E-state index in [2.05, 4.69) is 15.3 Å². The summed E-state index contributed by atoms with van der Waals surface area (Å²) in [5.74, 6) is 1.62. The summed E-state index contributed by atoms with van der Waals surface area (Å²) in [6.07, 6.45) is 8.24. The maximum atomic E-state index is 12.9. The van der Waals surface area contributed by atoms with Crippen LogP contribution in [0.1, 0.15) is 48.6 Å². The minimum atomic E-state index is -0.414. The van der Waals surface area contributed by atoms with Crippen molar-refractivity contribution in [3.63, 3.8) is 0 Å². The van der Waals surface area contributed by atoms with Crippen LogP contribution in [0.5, 0.6) is 0 Å². The van der Waals surface area contributed by atoms with Gasteiger partial charge in [-0.05, 0) is 31.4 Å². The van der Waals surface area contributed by atoms with Crippen LogP contribution in [0.4, 0.5) is 0 Å². The molecule has 1 saturated carbocycles. The second-order valence-corrected chi connectivity index (χ2v) is 6.27. The van der Waals surface area contributed by atoms with Crippen LogP contribution in [0.25, 0.3) is 0 Å². The predicted octanol–water partition coefficient (Wildman–Crippen LogP) is 2.86. The van der Waals surface area contributed by atoms with Crippen molar-refractivity contribution < 1.29 is 9.21 Å². The van der Waals surface area contributed by atoms with Gasteiger partial charge >= 0.3 is 0 Å². The molecule has 1 N–H and O–H groups in total. The van der Waals surface area contributed by atoms with E-state index < -0.39 is 5.41 Å². The Morgan fingerprint density at radius 2 is 2.13 bits per heavy atom. The molecule has 2 aromatic heterocycles. The van der Waals surface area contributed by atoms with Crippen LogP contribution in [0, 0.1) is 13.8 Å². The molecule has 3 rings (SSSR count). The van der Waals surface area contributed by atoms with Gasteiger partial charge in [-0.15, -0.1) is 0 Å². The van der Waals surface area contributed by atoms with Gasteiger partial charge in [-0.2, -0.15) is 0 Å². The summed E-state index contributed by atoms with van der Waals surface area (Å²) in [5.41, 5.74) is 1.54. The third-order valence-corrected chi connectivity index (χ3v) is 4.75. The summed E-state index contributed by atoms with van der Waals surface area (Å²) >= 11 is 0. The number of aryl methyl sites for hydroxylation is 2. The molecule has 0 spiro atoms. The Hall–Kier alpha value is -2.17. The first kappa shape index (κ1) is 15.7. The lowest BCUT2D eigenvalue weighted by Crippen LogP contribution is -2.43. The number of nitrogens with zero attached hydrogens (tertiary/aromatic N) is 2. The Morgan fingerprint density at radius 1 is 1.35 bits per heavy atom. The van der Waals surface area contributed by atoms with E-state index in [4.69, 9.17) is 4.42 Å². The topological polar surface area (TPSA) is 68.0 Å². The third kappa shape index (κ3) is 3.14. The van der Waals surface area contributed by atoms with Crippen molar-refractivity contribution in [2.45, 2.75) is 51.4 Å². The Labute approximate surface area is 136 Å². The molecular formula is C18H23N3O2. The molecule has 122 valence electrons. The number of rotatable bonds is 5. The molecule has 0 aromatic carbocycles. The van der Waals surface area contributed by atoms with E-state index in [0.717, 1.165) is 42.7 Å². The Balaban J connectivity index is 1.67. The van der Waals surface area contributed by atoms with E-state index in [1.807, 2.05) is 32.2 Å². The Morgan fingerprint density at radius 3 is 2.74 bits per heavy atom. The Kier molecular flexibility index (Phi) is 4.46. The quantitative estimate of drug-likeness (QED) is 0.921. The standard InChI is InChI=1S/C18H23N3O2/c1-13-16(21-14(2)23-13)7-11-20-17(22)18(8-3-4-9-18)15-6-5-10-19-12-15/h5-6,10,12H,3-4,7-9,11H2,1-2H3,(H,20,22). The lowest BCUT2D eigenvalue weighted by atomic mass is 9.78. The number of amides is 1. The fraction of sp³-hybridized carbons (Fsp3) is 0.500. The highest BCUT2D eigenvalue weighted by molar-refractivity contribution is 5.88. The first-order chi connectivity index (χ1) is 11.1. The van der Waals surface area contributed by atoms with Gasteiger partial charge in [-0.1, -0.05) is 18.9 Å². The zero-order valence-corrected chi connectivity index (χ0v) is 13.8. The highest BCUT2D eigenvalue weighted by atomic mass is 16.4. The molecule has 1 aliphatic rings. The lowest BCUT2D eigenvalue weighted by molar-refractivity contribution is -0.126. The molecule has 0 aliphatic heterocycles. The average Bonchev–Trinajstić information content (AvgIpc) is 3.16. The summed E-state index contributed by atoms with van der Waals surface area (Å²) in [5, 5.41) is 3.10. The SMILES string of the molecule is Cc1nc(CCNC(=O)C2(c3cccnc3)CCCC2)c(C)o1. The minimum absolute atomic E-state index is 0.112. The number of nitrogens with one attached hydrogen (secondary N) is 1. The van der Waals surface area contributed by atoms with Crippen LogP contribution in [0.3, 0.4) is 0 Å². The second-order valence-electron chi connectivity index (χ2n) is 6.27. The van der Waals surface area contributed by atoms with Crippen LogP contribution >= 0.6 is 0 Å². The zero-order chi connectivity index (χ0) is 16.3. The van der Waals surface area contributed by atoms with Crippen molar-refractivity contribution in [2.24, 2.45) is 0 Å². The summed E-state index contributed by atoms with van der Waals surface area (Å²) < 4.78 is 5.43. The van der Waals surface area contributed by atoms with Crippen LogP contribution < -0.4 is 5.32 Å². The van der Waals surface area contributed by atoms with Gasteiger partial charge in [-0.3, -0.25) is 9.78 Å². The van der Waals surface area contributed by atoms with Crippen LogP contribution in [0.15, 0.2) is 28.9 Å². The van der Waals surface area contributed by atoms with E-state index in [1.54, 1.807) is 6.20 Å². The second kappa shape index (κ2) is 6.52. The smallest absolute Gasteiger partial charge is 0.230 e. The van der Waals surface area contributed by atoms with E-state index >= 15 is 0 Å². The average molecular weight is 313 g/mol. The zero-order valence-electron chi connectivity index (χ0n) is 13.8. The van der Waals surface area contributed by atoms with Gasteiger partial charge in [0.2, 0.25) is 5.91 Å². The number of carbonyl (C=O) groups is 1. The molecule has 0 radical (unpaired) electrons. The minimum Gasteiger partial charge on any atom is -0.446 e. The van der Waals surface area contributed by atoms with Gasteiger partial charge in [0.15, 0.2) is 5.89 Å². The van der Waals surface area contributed by atoms with Gasteiger partial charge in [-0.25, -0.2) is 4.98 Å². The van der Waals surface area contributed by atoms with E-state index in [-0.39, 0.29) is 5.91 Å². The molecule has 5 nitrogen and oxygen atoms in total. The molecule has 23 heavy (non-hydrogen) atoms. The van der Waals surface area contributed by atoms with Gasteiger partial charge < -0.3 is 9.73 Å². The van der Waals surface area contributed by atoms with Crippen molar-refractivity contribution >= 4 is 5.91 Å². The molecule has 0 unspecified atom stereocenters. The maximum Gasteiger partial charge on any atom is 0.230 e. The first-order valence-corrected chi connectivity index (χ1v) is 8.23. The van der Waals surface area contributed by atoms with Crippen LogP contribution in [-0.4, -0.2) is 22.4 Å². The molecule has 5 heteroatoms. The van der Waals surface area contributed by atoms with Crippen molar-refractivity contribution in [1.29, 1.82) is 0 Å². The predicted molar refractivity (Wildman–Crippen MR) is 87.1 cm³/mol. The molecular weight excluding hydrogens is 290 g/mol. The molecule has 0 saturated heterocycles. The molecule has 0 bridgehead atoms. The number of hydrogen-bond acceptors (Lipinski definition) is 4. The maximum absolute atomic E-state index is 12.9. The third-order valence-electron chi connectivity index (χ3n) is 4.75. The van der Waals surface area contributed by atoms with Gasteiger partial charge in [0.1, 0.15) is 5.76 Å². The molecule has 1 amide bonds. The van der Waals surface area contributed by atoms with E-state index in [1.165, 1.54) is 0 Å². The van der Waals surface area contributed by atoms with Crippen molar-refractivity contribution in [3.05, 3.63) is 47.4 Å². The monoisotopic (exact) mass is 313 g/mol. The largest absolute Gasteiger partial charge is 0.446 e. The highest BCUT2D eigenvalue weighted by Crippen LogP contribution is 2.41. The molecule has 2 aromatic rings. The molecule has 1 aliphatic carbocycles. The number of carbonyl (C=O) groups excluding carboxylic acids is 1. The molecule has 1 fully saturated rings. The van der Waals surface area contributed by atoms with Crippen LogP contribution in [-0.2, 0) is 16.6 Å². The number of oxazole rings is 1. The normalized spacial score (nSPS) is 16.4. The van der Waals surface area contributed by atoms with Crippen molar-refractivity contribution in [1.82, 2.24) is 15.3 Å². The summed E-state index contributed by atoms with van der Waals surface area (Å²) in [4.78, 5) is 21.4. The number of hydrogen-bond donors (Lipinski definition) is 1. The summed E-state index contributed by atoms with van der Waals surface area (Å²) in [7, 11) is 0. The molecule has 2 heterocycles. The van der Waals surface area contributed by atoms with E-state index in [9.17, 15) is 4.79 Å². The molecule has 0 atom stereocenters. The van der Waals surface area contributed by atoms with Gasteiger partial charge in [0.05, 0.1) is 11.1 Å². The van der Waals surface area contributed by atoms with E-state index in [0.29, 0.717) is 18.9 Å². The lowest BCUT2D eigenvalue weighted by Gasteiger charge is -2.27. The van der Waals surface area contributed by atoms with Gasteiger partial charge in [0.25, 0.3) is 0 Å². The fourth-order valence-corrected chi connectivity index (χ4v) is 3.54. The highest BCUT2D eigenvalue weighted by Gasteiger charge is 2.42. The number of pyridine rings is 1. The summed E-state index contributed by atoms with van der Waals surface area (Å²) in [6, 6.07) is 3.92. The fourth-order valence-electron chi connectivity index (χ4n) is 3.54.